The molecule has 0 unspecified atom stereocenters. The topological polar surface area (TPSA) is 66.7 Å². The van der Waals surface area contributed by atoms with E-state index < -0.39 is 0 Å². The summed E-state index contributed by atoms with van der Waals surface area (Å²) in [6.07, 6.45) is 1.68. The normalized spacial score (nSPS) is 14.2. The van der Waals surface area contributed by atoms with Gasteiger partial charge in [0.25, 0.3) is 0 Å². The minimum absolute atomic E-state index is 0.605. The zero-order valence-electron chi connectivity index (χ0n) is 16.3. The van der Waals surface area contributed by atoms with Crippen LogP contribution >= 0.6 is 0 Å². The molecular formula is C21H25N5O2. The highest BCUT2D eigenvalue weighted by Crippen LogP contribution is 2.22. The average Bonchev–Trinajstić information content (AvgIpc) is 3.26. The minimum atomic E-state index is 0.605. The first-order valence-corrected chi connectivity index (χ1v) is 9.47. The van der Waals surface area contributed by atoms with Crippen LogP contribution in [0, 0.1) is 6.92 Å². The number of aromatic nitrogens is 2. The molecule has 0 aliphatic carbocycles. The summed E-state index contributed by atoms with van der Waals surface area (Å²) in [5.41, 5.74) is 2.16. The molecule has 2 aromatic heterocycles. The van der Waals surface area contributed by atoms with Crippen LogP contribution in [0.4, 0.5) is 17.5 Å². The summed E-state index contributed by atoms with van der Waals surface area (Å²) in [7, 11) is 1.69. The van der Waals surface area contributed by atoms with Crippen molar-refractivity contribution in [2.45, 2.75) is 13.5 Å². The molecule has 1 fully saturated rings. The van der Waals surface area contributed by atoms with Crippen LogP contribution in [0.3, 0.4) is 0 Å². The summed E-state index contributed by atoms with van der Waals surface area (Å²) < 4.78 is 10.6. The van der Waals surface area contributed by atoms with Gasteiger partial charge >= 0.3 is 0 Å². The third-order valence-electron chi connectivity index (χ3n) is 4.87. The summed E-state index contributed by atoms with van der Waals surface area (Å²) >= 11 is 0. The molecule has 0 atom stereocenters. The van der Waals surface area contributed by atoms with Crippen LogP contribution in [0.5, 0.6) is 5.75 Å². The second kappa shape index (κ2) is 8.21. The van der Waals surface area contributed by atoms with Gasteiger partial charge in [-0.1, -0.05) is 0 Å². The Balaban J connectivity index is 1.39. The predicted molar refractivity (Wildman–Crippen MR) is 110 cm³/mol. The molecule has 1 aliphatic heterocycles. The van der Waals surface area contributed by atoms with Gasteiger partial charge in [-0.15, -0.1) is 0 Å². The van der Waals surface area contributed by atoms with Gasteiger partial charge in [-0.2, -0.15) is 4.98 Å². The number of furan rings is 1. The Labute approximate surface area is 165 Å². The van der Waals surface area contributed by atoms with E-state index in [1.165, 1.54) is 5.69 Å². The lowest BCUT2D eigenvalue weighted by Gasteiger charge is -2.36. The maximum atomic E-state index is 5.37. The van der Waals surface area contributed by atoms with E-state index in [1.54, 1.807) is 13.4 Å². The molecule has 0 radical (unpaired) electrons. The van der Waals surface area contributed by atoms with Crippen LogP contribution in [0.2, 0.25) is 0 Å². The third kappa shape index (κ3) is 4.19. The van der Waals surface area contributed by atoms with Crippen LogP contribution in [0.15, 0.2) is 53.1 Å². The Hall–Kier alpha value is -3.22. The van der Waals surface area contributed by atoms with E-state index in [0.29, 0.717) is 6.54 Å². The molecule has 1 aromatic carbocycles. The van der Waals surface area contributed by atoms with Crippen molar-refractivity contribution in [3.05, 3.63) is 60.2 Å². The molecule has 1 aliphatic rings. The lowest BCUT2D eigenvalue weighted by molar-refractivity contribution is 0.415. The van der Waals surface area contributed by atoms with Crippen molar-refractivity contribution in [3.63, 3.8) is 0 Å². The molecule has 0 bridgehead atoms. The monoisotopic (exact) mass is 379 g/mol. The second-order valence-electron chi connectivity index (χ2n) is 6.80. The number of nitrogens with one attached hydrogen (secondary N) is 1. The molecule has 3 heterocycles. The number of nitrogens with zero attached hydrogens (tertiary/aromatic N) is 4. The maximum absolute atomic E-state index is 5.37. The van der Waals surface area contributed by atoms with Gasteiger partial charge in [0.1, 0.15) is 17.3 Å². The van der Waals surface area contributed by atoms with Gasteiger partial charge in [0.15, 0.2) is 0 Å². The van der Waals surface area contributed by atoms with E-state index >= 15 is 0 Å². The van der Waals surface area contributed by atoms with Crippen molar-refractivity contribution in [2.24, 2.45) is 0 Å². The number of methoxy groups -OCH3 is 1. The molecule has 7 heteroatoms. The number of ether oxygens (including phenoxy) is 1. The van der Waals surface area contributed by atoms with E-state index in [0.717, 1.165) is 55.1 Å². The van der Waals surface area contributed by atoms with Crippen molar-refractivity contribution in [1.82, 2.24) is 9.97 Å². The smallest absolute Gasteiger partial charge is 0.227 e. The first-order valence-electron chi connectivity index (χ1n) is 9.47. The summed E-state index contributed by atoms with van der Waals surface area (Å²) in [5, 5.41) is 3.32. The van der Waals surface area contributed by atoms with E-state index in [9.17, 15) is 0 Å². The highest BCUT2D eigenvalue weighted by Gasteiger charge is 2.20. The number of hydrogen-bond donors (Lipinski definition) is 1. The second-order valence-corrected chi connectivity index (χ2v) is 6.80. The first-order chi connectivity index (χ1) is 13.7. The Morgan fingerprint density at radius 1 is 1.04 bits per heavy atom. The van der Waals surface area contributed by atoms with E-state index in [2.05, 4.69) is 32.2 Å². The maximum Gasteiger partial charge on any atom is 0.227 e. The molecule has 146 valence electrons. The lowest BCUT2D eigenvalue weighted by atomic mass is 10.2. The molecule has 1 N–H and O–H groups in total. The van der Waals surface area contributed by atoms with Crippen molar-refractivity contribution in [1.29, 1.82) is 0 Å². The Bertz CT molecular complexity index is 888. The molecule has 0 saturated carbocycles. The fourth-order valence-corrected chi connectivity index (χ4v) is 3.33. The number of rotatable bonds is 6. The first kappa shape index (κ1) is 18.2. The molecule has 4 rings (SSSR count). The van der Waals surface area contributed by atoms with Crippen molar-refractivity contribution < 1.29 is 9.15 Å². The van der Waals surface area contributed by atoms with Gasteiger partial charge in [-0.25, -0.2) is 4.98 Å². The summed E-state index contributed by atoms with van der Waals surface area (Å²) in [6, 6.07) is 14.0. The molecule has 0 spiro atoms. The van der Waals surface area contributed by atoms with Gasteiger partial charge in [0.2, 0.25) is 5.95 Å². The molecule has 28 heavy (non-hydrogen) atoms. The van der Waals surface area contributed by atoms with E-state index in [1.807, 2.05) is 37.3 Å². The standard InChI is InChI=1S/C21H25N5O2/c1-16-14-20(22-15-19-4-3-13-28-19)24-21(23-16)26-11-9-25(10-12-26)17-5-7-18(27-2)8-6-17/h3-8,13-14H,9-12,15H2,1-2H3,(H,22,23,24). The number of hydrogen-bond acceptors (Lipinski definition) is 7. The fraction of sp³-hybridized carbons (Fsp3) is 0.333. The number of piperazine rings is 1. The fourth-order valence-electron chi connectivity index (χ4n) is 3.33. The minimum Gasteiger partial charge on any atom is -0.497 e. The zero-order valence-corrected chi connectivity index (χ0v) is 16.3. The van der Waals surface area contributed by atoms with Crippen LogP contribution in [-0.2, 0) is 6.54 Å². The van der Waals surface area contributed by atoms with Gasteiger partial charge in [-0.05, 0) is 43.3 Å². The molecular weight excluding hydrogens is 354 g/mol. The van der Waals surface area contributed by atoms with Crippen molar-refractivity contribution in [2.75, 3.05) is 48.4 Å². The highest BCUT2D eigenvalue weighted by molar-refractivity contribution is 5.51. The zero-order chi connectivity index (χ0) is 19.3. The quantitative estimate of drug-likeness (QED) is 0.705. The van der Waals surface area contributed by atoms with Crippen LogP contribution in [0.25, 0.3) is 0 Å². The van der Waals surface area contributed by atoms with Gasteiger partial charge in [0, 0.05) is 43.6 Å². The lowest BCUT2D eigenvalue weighted by Crippen LogP contribution is -2.47. The van der Waals surface area contributed by atoms with Crippen LogP contribution in [0.1, 0.15) is 11.5 Å². The van der Waals surface area contributed by atoms with Crippen molar-refractivity contribution in [3.8, 4) is 5.75 Å². The van der Waals surface area contributed by atoms with Gasteiger partial charge < -0.3 is 24.3 Å². The molecule has 3 aromatic rings. The molecule has 7 nitrogen and oxygen atoms in total. The number of benzene rings is 1. The van der Waals surface area contributed by atoms with Crippen LogP contribution < -0.4 is 19.9 Å². The van der Waals surface area contributed by atoms with Gasteiger partial charge in [0.05, 0.1) is 19.9 Å². The largest absolute Gasteiger partial charge is 0.497 e. The summed E-state index contributed by atoms with van der Waals surface area (Å²) in [6.45, 7) is 6.22. The number of aryl methyl sites for hydroxylation is 1. The highest BCUT2D eigenvalue weighted by atomic mass is 16.5. The van der Waals surface area contributed by atoms with E-state index in [4.69, 9.17) is 14.1 Å². The predicted octanol–water partition coefficient (Wildman–Crippen LogP) is 3.33. The Morgan fingerprint density at radius 3 is 2.46 bits per heavy atom. The van der Waals surface area contributed by atoms with Crippen LogP contribution in [-0.4, -0.2) is 43.3 Å². The van der Waals surface area contributed by atoms with E-state index in [-0.39, 0.29) is 0 Å². The summed E-state index contributed by atoms with van der Waals surface area (Å²) in [4.78, 5) is 14.0. The average molecular weight is 379 g/mol. The molecule has 1 saturated heterocycles. The SMILES string of the molecule is COc1ccc(N2CCN(c3nc(C)cc(NCc4ccco4)n3)CC2)cc1. The molecule has 0 amide bonds. The number of anilines is 3. The Morgan fingerprint density at radius 2 is 1.79 bits per heavy atom. The third-order valence-corrected chi connectivity index (χ3v) is 4.87. The van der Waals surface area contributed by atoms with Gasteiger partial charge in [-0.3, -0.25) is 0 Å². The Kier molecular flexibility index (Phi) is 5.32. The summed E-state index contributed by atoms with van der Waals surface area (Å²) in [5.74, 6) is 3.35. The van der Waals surface area contributed by atoms with Crippen molar-refractivity contribution >= 4 is 17.5 Å².